The fraction of sp³-hybridized carbons (Fsp3) is 0.435. The Morgan fingerprint density at radius 2 is 1.62 bits per heavy atom. The van der Waals surface area contributed by atoms with Crippen LogP contribution in [0.15, 0.2) is 39.6 Å². The van der Waals surface area contributed by atoms with Gasteiger partial charge in [0.1, 0.15) is 0 Å². The van der Waals surface area contributed by atoms with Crippen LogP contribution >= 0.6 is 0 Å². The van der Waals surface area contributed by atoms with E-state index in [0.717, 1.165) is 56.3 Å². The predicted molar refractivity (Wildman–Crippen MR) is 118 cm³/mol. The first-order valence-corrected chi connectivity index (χ1v) is 12.2. The van der Waals surface area contributed by atoms with E-state index < -0.39 is 15.8 Å². The lowest BCUT2D eigenvalue weighted by Gasteiger charge is -2.15. The Bertz CT molecular complexity index is 1030. The topological polar surface area (TPSA) is 61.8 Å². The maximum Gasteiger partial charge on any atom is 0.353 e. The van der Waals surface area contributed by atoms with Gasteiger partial charge in [0.05, 0.1) is 9.73 Å². The molecule has 1 atom stereocenters. The summed E-state index contributed by atoms with van der Waals surface area (Å²) in [6.07, 6.45) is 7.93. The van der Waals surface area contributed by atoms with E-state index in [4.69, 9.17) is 0 Å². The molecule has 2 amide bonds. The molecule has 0 spiro atoms. The number of carbonyl (C=O) groups excluding carboxylic acids is 1. The number of nitrogens with zero attached hydrogens (tertiary/aromatic N) is 2. The lowest BCUT2D eigenvalue weighted by molar-refractivity contribution is 0.260. The second kappa shape index (κ2) is 7.92. The number of urea groups is 1. The van der Waals surface area contributed by atoms with Crippen molar-refractivity contribution >= 4 is 21.4 Å². The van der Waals surface area contributed by atoms with E-state index in [-0.39, 0.29) is 0 Å². The molecule has 0 fully saturated rings. The standard InChI is InChI=1S/C23H29N3O2S/c1-26(2)15-16-10-12-19(13-11-16)29(3,28)25-23(27)24-22-20-8-4-6-17(20)14-18-7-5-9-21(18)22/h10-14H,4-9,15H2,1-3H3,(H,24,27). The van der Waals surface area contributed by atoms with Crippen molar-refractivity contribution in [2.24, 2.45) is 4.36 Å². The maximum atomic E-state index is 13.2. The van der Waals surface area contributed by atoms with Crippen LogP contribution in [0, 0.1) is 0 Å². The van der Waals surface area contributed by atoms with Crippen LogP contribution in [0.4, 0.5) is 10.5 Å². The van der Waals surface area contributed by atoms with Gasteiger partial charge in [-0.3, -0.25) is 0 Å². The molecule has 1 N–H and O–H groups in total. The molecule has 0 saturated heterocycles. The summed E-state index contributed by atoms with van der Waals surface area (Å²) in [6, 6.07) is 9.34. The number of rotatable bonds is 4. The number of fused-ring (bicyclic) bond motifs is 2. The Labute approximate surface area is 173 Å². The van der Waals surface area contributed by atoms with Crippen LogP contribution in [0.3, 0.4) is 0 Å². The molecule has 2 aromatic rings. The Morgan fingerprint density at radius 3 is 2.17 bits per heavy atom. The minimum atomic E-state index is -2.80. The largest absolute Gasteiger partial charge is 0.353 e. The summed E-state index contributed by atoms with van der Waals surface area (Å²) in [6.45, 7) is 0.813. The number of hydrogen-bond donors (Lipinski definition) is 1. The highest BCUT2D eigenvalue weighted by atomic mass is 32.2. The summed E-state index contributed by atoms with van der Waals surface area (Å²) in [5.41, 5.74) is 7.30. The van der Waals surface area contributed by atoms with Gasteiger partial charge in [0.25, 0.3) is 0 Å². The Balaban J connectivity index is 1.59. The highest BCUT2D eigenvalue weighted by Crippen LogP contribution is 2.38. The van der Waals surface area contributed by atoms with Gasteiger partial charge in [-0.05, 0) is 92.6 Å². The van der Waals surface area contributed by atoms with Crippen molar-refractivity contribution in [2.45, 2.75) is 50.0 Å². The average Bonchev–Trinajstić information content (AvgIpc) is 3.30. The third-order valence-corrected chi connectivity index (χ3v) is 7.48. The van der Waals surface area contributed by atoms with Crippen molar-refractivity contribution in [3.8, 4) is 0 Å². The number of amides is 2. The normalized spacial score (nSPS) is 17.0. The van der Waals surface area contributed by atoms with Gasteiger partial charge in [-0.25, -0.2) is 9.00 Å². The zero-order chi connectivity index (χ0) is 20.6. The van der Waals surface area contributed by atoms with Gasteiger partial charge in [0.15, 0.2) is 0 Å². The molecule has 2 aliphatic carbocycles. The van der Waals surface area contributed by atoms with Gasteiger partial charge in [-0.1, -0.05) is 18.2 Å². The zero-order valence-electron chi connectivity index (χ0n) is 17.5. The minimum Gasteiger partial charge on any atom is -0.305 e. The van der Waals surface area contributed by atoms with Crippen molar-refractivity contribution < 1.29 is 9.00 Å². The van der Waals surface area contributed by atoms with Crippen LogP contribution in [-0.2, 0) is 42.0 Å². The Kier molecular flexibility index (Phi) is 5.49. The molecular formula is C23H29N3O2S. The van der Waals surface area contributed by atoms with Crippen molar-refractivity contribution in [2.75, 3.05) is 25.7 Å². The fourth-order valence-corrected chi connectivity index (χ4v) is 5.63. The lowest BCUT2D eigenvalue weighted by Crippen LogP contribution is -2.14. The smallest absolute Gasteiger partial charge is 0.305 e. The van der Waals surface area contributed by atoms with Crippen molar-refractivity contribution in [3.05, 3.63) is 58.1 Å². The maximum absolute atomic E-state index is 13.2. The van der Waals surface area contributed by atoms with E-state index in [1.54, 1.807) is 0 Å². The van der Waals surface area contributed by atoms with Crippen LogP contribution in [0.25, 0.3) is 0 Å². The van der Waals surface area contributed by atoms with Crippen LogP contribution in [0.1, 0.15) is 40.7 Å². The van der Waals surface area contributed by atoms with Gasteiger partial charge in [0.2, 0.25) is 0 Å². The quantitative estimate of drug-likeness (QED) is 0.810. The highest BCUT2D eigenvalue weighted by molar-refractivity contribution is 7.93. The number of nitrogens with one attached hydrogen (secondary N) is 1. The van der Waals surface area contributed by atoms with Crippen molar-refractivity contribution in [3.63, 3.8) is 0 Å². The lowest BCUT2D eigenvalue weighted by atomic mass is 9.99. The molecule has 0 radical (unpaired) electrons. The fourth-order valence-electron chi connectivity index (χ4n) is 4.52. The first-order chi connectivity index (χ1) is 13.8. The average molecular weight is 412 g/mol. The van der Waals surface area contributed by atoms with E-state index in [1.165, 1.54) is 28.5 Å². The Morgan fingerprint density at radius 1 is 1.03 bits per heavy atom. The monoisotopic (exact) mass is 411 g/mol. The zero-order valence-corrected chi connectivity index (χ0v) is 18.3. The van der Waals surface area contributed by atoms with Crippen molar-refractivity contribution in [1.82, 2.24) is 4.90 Å². The molecule has 29 heavy (non-hydrogen) atoms. The third-order valence-electron chi connectivity index (χ3n) is 5.82. The number of aryl methyl sites for hydroxylation is 2. The summed E-state index contributed by atoms with van der Waals surface area (Å²) in [4.78, 5) is 15.4. The second-order valence-electron chi connectivity index (χ2n) is 8.44. The van der Waals surface area contributed by atoms with E-state index in [9.17, 15) is 9.00 Å². The van der Waals surface area contributed by atoms with E-state index in [0.29, 0.717) is 4.90 Å². The number of hydrogen-bond acceptors (Lipinski definition) is 3. The van der Waals surface area contributed by atoms with Crippen LogP contribution in [0.5, 0.6) is 0 Å². The number of carbonyl (C=O) groups is 1. The molecule has 0 saturated carbocycles. The summed E-state index contributed by atoms with van der Waals surface area (Å²) in [7, 11) is 1.21. The summed E-state index contributed by atoms with van der Waals surface area (Å²) in [5, 5.41) is 3.01. The predicted octanol–water partition coefficient (Wildman–Crippen LogP) is 4.41. The molecule has 0 aliphatic heterocycles. The summed E-state index contributed by atoms with van der Waals surface area (Å²) < 4.78 is 17.2. The number of benzene rings is 2. The minimum absolute atomic E-state index is 0.510. The molecule has 4 rings (SSSR count). The molecule has 0 aromatic heterocycles. The van der Waals surface area contributed by atoms with Gasteiger partial charge in [-0.2, -0.15) is 0 Å². The third kappa shape index (κ3) is 4.23. The highest BCUT2D eigenvalue weighted by Gasteiger charge is 2.25. The molecule has 1 unspecified atom stereocenters. The SMILES string of the molecule is CN(C)Cc1ccc(S(C)(=O)=NC(=O)Nc2c3c(cc4c2CCC4)CCC3)cc1. The number of anilines is 1. The molecule has 0 heterocycles. The second-order valence-corrected chi connectivity index (χ2v) is 10.7. The van der Waals surface area contributed by atoms with Crippen LogP contribution in [-0.4, -0.2) is 35.5 Å². The first kappa shape index (κ1) is 20.1. The van der Waals surface area contributed by atoms with E-state index in [1.807, 2.05) is 38.4 Å². The van der Waals surface area contributed by atoms with Crippen LogP contribution in [0.2, 0.25) is 0 Å². The van der Waals surface area contributed by atoms with E-state index in [2.05, 4.69) is 20.6 Å². The molecule has 2 aromatic carbocycles. The summed E-state index contributed by atoms with van der Waals surface area (Å²) >= 11 is 0. The van der Waals surface area contributed by atoms with Gasteiger partial charge in [-0.15, -0.1) is 4.36 Å². The Hall–Kier alpha value is -2.18. The van der Waals surface area contributed by atoms with Crippen LogP contribution < -0.4 is 5.32 Å². The van der Waals surface area contributed by atoms with Gasteiger partial charge < -0.3 is 10.2 Å². The van der Waals surface area contributed by atoms with E-state index >= 15 is 0 Å². The molecule has 154 valence electrons. The van der Waals surface area contributed by atoms with Gasteiger partial charge >= 0.3 is 6.03 Å². The molecule has 0 bridgehead atoms. The summed E-state index contributed by atoms with van der Waals surface area (Å²) in [5.74, 6) is 0. The molecular weight excluding hydrogens is 382 g/mol. The molecule has 6 heteroatoms. The molecule has 5 nitrogen and oxygen atoms in total. The van der Waals surface area contributed by atoms with Gasteiger partial charge in [0, 0.05) is 23.4 Å². The van der Waals surface area contributed by atoms with Crippen molar-refractivity contribution in [1.29, 1.82) is 0 Å². The first-order valence-electron chi connectivity index (χ1n) is 10.3. The molecule has 2 aliphatic rings.